The minimum atomic E-state index is -1.12. The summed E-state index contributed by atoms with van der Waals surface area (Å²) in [5.41, 5.74) is 0.536. The topological polar surface area (TPSA) is 84.2 Å². The minimum absolute atomic E-state index is 0.0644. The van der Waals surface area contributed by atoms with Gasteiger partial charge in [-0.05, 0) is 37.6 Å². The van der Waals surface area contributed by atoms with Crippen LogP contribution in [0.1, 0.15) is 35.9 Å². The number of carbonyl (C=O) groups is 2. The fourth-order valence-electron chi connectivity index (χ4n) is 1.87. The highest BCUT2D eigenvalue weighted by Gasteiger charge is 2.13. The van der Waals surface area contributed by atoms with Crippen LogP contribution in [0.5, 0.6) is 0 Å². The van der Waals surface area contributed by atoms with Crippen LogP contribution in [0.2, 0.25) is 0 Å². The van der Waals surface area contributed by atoms with E-state index in [0.29, 0.717) is 0 Å². The van der Waals surface area contributed by atoms with Crippen molar-refractivity contribution < 1.29 is 19.1 Å². The molecule has 0 saturated heterocycles. The van der Waals surface area contributed by atoms with Gasteiger partial charge < -0.3 is 10.4 Å². The van der Waals surface area contributed by atoms with Crippen molar-refractivity contribution in [3.05, 3.63) is 47.5 Å². The maximum atomic E-state index is 13.7. The molecule has 2 aromatic rings. The van der Waals surface area contributed by atoms with Gasteiger partial charge in [-0.3, -0.25) is 14.3 Å². The molecular formula is C15H16FN3O3. The predicted molar refractivity (Wildman–Crippen MR) is 78.3 cm³/mol. The van der Waals surface area contributed by atoms with Gasteiger partial charge in [0.25, 0.3) is 5.91 Å². The average Bonchev–Trinajstić information content (AvgIpc) is 2.91. The van der Waals surface area contributed by atoms with Crippen molar-refractivity contribution in [2.45, 2.75) is 26.3 Å². The van der Waals surface area contributed by atoms with Gasteiger partial charge in [-0.1, -0.05) is 6.07 Å². The van der Waals surface area contributed by atoms with E-state index in [4.69, 9.17) is 5.11 Å². The largest absolute Gasteiger partial charge is 0.481 e. The van der Waals surface area contributed by atoms with Crippen molar-refractivity contribution in [1.82, 2.24) is 9.78 Å². The molecule has 0 fully saturated rings. The molecule has 1 heterocycles. The van der Waals surface area contributed by atoms with Gasteiger partial charge in [0, 0.05) is 17.9 Å². The molecule has 0 aliphatic rings. The molecule has 1 aromatic heterocycles. The molecule has 2 rings (SSSR count). The first-order valence-corrected chi connectivity index (χ1v) is 6.73. The van der Waals surface area contributed by atoms with Gasteiger partial charge >= 0.3 is 5.97 Å². The molecule has 116 valence electrons. The third-order valence-corrected chi connectivity index (χ3v) is 3.02. The van der Waals surface area contributed by atoms with Crippen LogP contribution in [-0.2, 0) is 11.2 Å². The summed E-state index contributed by atoms with van der Waals surface area (Å²) >= 11 is 0. The smallest absolute Gasteiger partial charge is 0.307 e. The number of hydrogen-bond acceptors (Lipinski definition) is 3. The average molecular weight is 305 g/mol. The number of anilines is 1. The Morgan fingerprint density at radius 1 is 1.36 bits per heavy atom. The highest BCUT2D eigenvalue weighted by molar-refractivity contribution is 6.02. The second-order valence-electron chi connectivity index (χ2n) is 5.11. The lowest BCUT2D eigenvalue weighted by Crippen LogP contribution is -2.14. The van der Waals surface area contributed by atoms with Crippen molar-refractivity contribution in [1.29, 1.82) is 0 Å². The van der Waals surface area contributed by atoms with Gasteiger partial charge in [0.1, 0.15) is 5.82 Å². The van der Waals surface area contributed by atoms with Crippen molar-refractivity contribution in [3.8, 4) is 0 Å². The Kier molecular flexibility index (Phi) is 4.55. The lowest BCUT2D eigenvalue weighted by Gasteiger charge is -2.06. The summed E-state index contributed by atoms with van der Waals surface area (Å²) in [7, 11) is 0. The summed E-state index contributed by atoms with van der Waals surface area (Å²) < 4.78 is 15.4. The van der Waals surface area contributed by atoms with E-state index in [0.717, 1.165) is 6.07 Å². The second-order valence-corrected chi connectivity index (χ2v) is 5.11. The molecule has 6 nitrogen and oxygen atoms in total. The first-order valence-electron chi connectivity index (χ1n) is 6.73. The van der Waals surface area contributed by atoms with Gasteiger partial charge in [0.05, 0.1) is 6.42 Å². The number of carboxylic acid groups (broad SMARTS) is 1. The van der Waals surface area contributed by atoms with Crippen LogP contribution in [-0.4, -0.2) is 26.8 Å². The number of aliphatic carboxylic acids is 1. The zero-order valence-corrected chi connectivity index (χ0v) is 12.2. The fourth-order valence-corrected chi connectivity index (χ4v) is 1.87. The Labute approximate surface area is 126 Å². The zero-order valence-electron chi connectivity index (χ0n) is 12.2. The zero-order chi connectivity index (χ0) is 16.3. The van der Waals surface area contributed by atoms with Crippen LogP contribution in [0.25, 0.3) is 0 Å². The number of amides is 1. The quantitative estimate of drug-likeness (QED) is 0.889. The SMILES string of the molecule is CC(C)n1ccc(C(=O)Nc2ccc(CC(=O)O)c(F)c2)n1. The molecule has 0 spiro atoms. The van der Waals surface area contributed by atoms with E-state index in [1.54, 1.807) is 16.9 Å². The van der Waals surface area contributed by atoms with Crippen LogP contribution in [0, 0.1) is 5.82 Å². The van der Waals surface area contributed by atoms with Crippen LogP contribution in [0.15, 0.2) is 30.5 Å². The molecule has 1 aromatic carbocycles. The number of hydrogen-bond donors (Lipinski definition) is 2. The lowest BCUT2D eigenvalue weighted by atomic mass is 10.1. The first-order chi connectivity index (χ1) is 10.4. The van der Waals surface area contributed by atoms with Crippen molar-refractivity contribution in [2.24, 2.45) is 0 Å². The predicted octanol–water partition coefficient (Wildman–Crippen LogP) is 2.48. The van der Waals surface area contributed by atoms with E-state index in [1.807, 2.05) is 13.8 Å². The molecule has 0 unspecified atom stereocenters. The molecule has 0 saturated carbocycles. The van der Waals surface area contributed by atoms with Gasteiger partial charge in [-0.25, -0.2) is 4.39 Å². The molecule has 1 amide bonds. The summed E-state index contributed by atoms with van der Waals surface area (Å²) in [5, 5.41) is 15.3. The lowest BCUT2D eigenvalue weighted by molar-refractivity contribution is -0.136. The van der Waals surface area contributed by atoms with Crippen molar-refractivity contribution in [3.63, 3.8) is 0 Å². The Bertz CT molecular complexity index is 710. The Balaban J connectivity index is 2.11. The third kappa shape index (κ3) is 3.69. The van der Waals surface area contributed by atoms with E-state index in [1.165, 1.54) is 12.1 Å². The van der Waals surface area contributed by atoms with Crippen molar-refractivity contribution >= 4 is 17.6 Å². The van der Waals surface area contributed by atoms with E-state index < -0.39 is 24.1 Å². The minimum Gasteiger partial charge on any atom is -0.481 e. The maximum absolute atomic E-state index is 13.7. The Morgan fingerprint density at radius 2 is 2.09 bits per heavy atom. The van der Waals surface area contributed by atoms with E-state index in [9.17, 15) is 14.0 Å². The standard InChI is InChI=1S/C15H16FN3O3/c1-9(2)19-6-5-13(18-19)15(22)17-11-4-3-10(7-14(20)21)12(16)8-11/h3-6,8-9H,7H2,1-2H3,(H,17,22)(H,20,21). The van der Waals surface area contributed by atoms with Crippen LogP contribution >= 0.6 is 0 Å². The number of benzene rings is 1. The number of carboxylic acids is 1. The number of nitrogens with zero attached hydrogens (tertiary/aromatic N) is 2. The molecule has 7 heteroatoms. The molecule has 0 aliphatic heterocycles. The summed E-state index contributed by atoms with van der Waals surface area (Å²) in [6.07, 6.45) is 1.29. The van der Waals surface area contributed by atoms with Crippen molar-refractivity contribution in [2.75, 3.05) is 5.32 Å². The summed E-state index contributed by atoms with van der Waals surface area (Å²) in [5.74, 6) is -2.24. The van der Waals surface area contributed by atoms with Gasteiger partial charge in [0.15, 0.2) is 5.69 Å². The molecule has 0 radical (unpaired) electrons. The maximum Gasteiger partial charge on any atom is 0.307 e. The van der Waals surface area contributed by atoms with Crippen LogP contribution in [0.3, 0.4) is 0 Å². The van der Waals surface area contributed by atoms with Gasteiger partial charge in [-0.2, -0.15) is 5.10 Å². The fraction of sp³-hybridized carbons (Fsp3) is 0.267. The Morgan fingerprint density at radius 3 is 2.64 bits per heavy atom. The molecule has 0 aliphatic carbocycles. The highest BCUT2D eigenvalue weighted by Crippen LogP contribution is 2.16. The number of nitrogens with one attached hydrogen (secondary N) is 1. The number of halogens is 1. The van der Waals surface area contributed by atoms with E-state index >= 15 is 0 Å². The number of aromatic nitrogens is 2. The molecular weight excluding hydrogens is 289 g/mol. The first kappa shape index (κ1) is 15.7. The third-order valence-electron chi connectivity index (χ3n) is 3.02. The number of carbonyl (C=O) groups excluding carboxylic acids is 1. The van der Waals surface area contributed by atoms with Crippen LogP contribution < -0.4 is 5.32 Å². The highest BCUT2D eigenvalue weighted by atomic mass is 19.1. The normalized spacial score (nSPS) is 10.7. The number of rotatable bonds is 5. The summed E-state index contributed by atoms with van der Waals surface area (Å²) in [4.78, 5) is 22.6. The Hall–Kier alpha value is -2.70. The monoisotopic (exact) mass is 305 g/mol. The van der Waals surface area contributed by atoms with Gasteiger partial charge in [0.2, 0.25) is 0 Å². The molecule has 22 heavy (non-hydrogen) atoms. The molecule has 2 N–H and O–H groups in total. The molecule has 0 bridgehead atoms. The van der Waals surface area contributed by atoms with E-state index in [-0.39, 0.29) is 23.0 Å². The summed E-state index contributed by atoms with van der Waals surface area (Å²) in [6.45, 7) is 3.87. The summed E-state index contributed by atoms with van der Waals surface area (Å²) in [6, 6.07) is 5.60. The van der Waals surface area contributed by atoms with Gasteiger partial charge in [-0.15, -0.1) is 0 Å². The second kappa shape index (κ2) is 6.38. The van der Waals surface area contributed by atoms with E-state index in [2.05, 4.69) is 10.4 Å². The van der Waals surface area contributed by atoms with Crippen LogP contribution in [0.4, 0.5) is 10.1 Å². The molecule has 0 atom stereocenters.